The van der Waals surface area contributed by atoms with Gasteiger partial charge in [-0.3, -0.25) is 0 Å². The van der Waals surface area contributed by atoms with Crippen molar-refractivity contribution < 1.29 is 27.7 Å². The van der Waals surface area contributed by atoms with Crippen LogP contribution in [-0.2, 0) is 22.3 Å². The first-order valence-corrected chi connectivity index (χ1v) is 14.1. The summed E-state index contributed by atoms with van der Waals surface area (Å²) in [6.45, 7) is 9.39. The first-order valence-electron chi connectivity index (χ1n) is 14.1. The van der Waals surface area contributed by atoms with Gasteiger partial charge in [-0.1, -0.05) is 13.8 Å². The lowest BCUT2D eigenvalue weighted by Gasteiger charge is -2.43. The predicted molar refractivity (Wildman–Crippen MR) is 161 cm³/mol. The molecule has 0 N–H and O–H groups in total. The van der Waals surface area contributed by atoms with Crippen LogP contribution < -0.4 is 9.47 Å². The van der Waals surface area contributed by atoms with E-state index in [0.717, 1.165) is 85.6 Å². The molecule has 2 aliphatic carbocycles. The van der Waals surface area contributed by atoms with Gasteiger partial charge in [-0.25, -0.2) is 18.8 Å². The van der Waals surface area contributed by atoms with Gasteiger partial charge in [0.1, 0.15) is 48.6 Å². The van der Waals surface area contributed by atoms with Crippen molar-refractivity contribution in [1.29, 1.82) is 0 Å². The van der Waals surface area contributed by atoms with Crippen LogP contribution >= 0.6 is 34.0 Å². The van der Waals surface area contributed by atoms with Gasteiger partial charge in [0.15, 0.2) is 0 Å². The molecule has 4 unspecified atom stereocenters. The zero-order valence-electron chi connectivity index (χ0n) is 23.2. The average Bonchev–Trinajstić information content (AvgIpc) is 3.52. The zero-order chi connectivity index (χ0) is 26.2. The number of hydrogen-bond donors (Lipinski definition) is 0. The molecule has 2 aromatic rings. The predicted octanol–water partition coefficient (Wildman–Crippen LogP) is 5.99. The maximum atomic E-state index is 14.3. The highest BCUT2D eigenvalue weighted by Crippen LogP contribution is 2.41. The van der Waals surface area contributed by atoms with Crippen LogP contribution in [0.15, 0.2) is 24.3 Å². The fourth-order valence-electron chi connectivity index (χ4n) is 6.58. The maximum Gasteiger partial charge on any atom is 0.127 e. The summed E-state index contributed by atoms with van der Waals surface area (Å²) in [5, 5.41) is 4.67. The molecule has 40 heavy (non-hydrogen) atoms. The van der Waals surface area contributed by atoms with Gasteiger partial charge in [-0.2, -0.15) is 0 Å². The van der Waals surface area contributed by atoms with Crippen LogP contribution in [0.4, 0.5) is 8.78 Å². The summed E-state index contributed by atoms with van der Waals surface area (Å²) < 4.78 is 53.0. The second kappa shape index (κ2) is 13.8. The Hall–Kier alpha value is -1.30. The van der Waals surface area contributed by atoms with E-state index in [1.807, 2.05) is 0 Å². The zero-order valence-corrected chi connectivity index (χ0v) is 26.6. The quantitative estimate of drug-likeness (QED) is 0.356. The van der Waals surface area contributed by atoms with Crippen LogP contribution in [-0.4, -0.2) is 74.8 Å². The Bertz CT molecular complexity index is 1080. The third kappa shape index (κ3) is 6.52. The van der Waals surface area contributed by atoms with E-state index in [4.69, 9.17) is 18.9 Å². The Labute approximate surface area is 256 Å². The fraction of sp³-hybridized carbons (Fsp3) is 0.600. The molecule has 0 spiro atoms. The Balaban J connectivity index is 0.00000185. The monoisotopic (exact) mass is 688 g/mol. The molecule has 2 fully saturated rings. The van der Waals surface area contributed by atoms with E-state index in [9.17, 15) is 8.78 Å². The van der Waals surface area contributed by atoms with Crippen molar-refractivity contribution in [2.24, 2.45) is 0 Å². The normalized spacial score (nSPS) is 26.4. The fourth-order valence-corrected chi connectivity index (χ4v) is 6.58. The highest BCUT2D eigenvalue weighted by Gasteiger charge is 2.32. The highest BCUT2D eigenvalue weighted by molar-refractivity contribution is 8.93. The van der Waals surface area contributed by atoms with Crippen molar-refractivity contribution in [2.75, 3.05) is 52.6 Å². The van der Waals surface area contributed by atoms with Crippen LogP contribution in [0.1, 0.15) is 60.8 Å². The number of halogens is 4. The minimum atomic E-state index is -0.123. The van der Waals surface area contributed by atoms with Gasteiger partial charge >= 0.3 is 0 Å². The van der Waals surface area contributed by atoms with Crippen molar-refractivity contribution >= 4 is 34.0 Å². The van der Waals surface area contributed by atoms with E-state index in [2.05, 4.69) is 23.9 Å². The van der Waals surface area contributed by atoms with E-state index >= 15 is 0 Å². The van der Waals surface area contributed by atoms with E-state index in [1.165, 1.54) is 12.1 Å². The molecule has 4 atom stereocenters. The molecule has 0 aromatic heterocycles. The Morgan fingerprint density at radius 3 is 1.57 bits per heavy atom. The number of nitrogens with zero attached hydrogens (tertiary/aromatic N) is 2. The molecule has 0 bridgehead atoms. The van der Waals surface area contributed by atoms with Crippen molar-refractivity contribution in [2.45, 2.75) is 63.6 Å². The summed E-state index contributed by atoms with van der Waals surface area (Å²) in [4.78, 5) is 0. The minimum Gasteiger partial charge on any atom is -0.491 e. The van der Waals surface area contributed by atoms with Crippen LogP contribution in [0, 0.1) is 11.6 Å². The Morgan fingerprint density at radius 2 is 1.15 bits per heavy atom. The molecule has 10 heteroatoms. The summed E-state index contributed by atoms with van der Waals surface area (Å²) in [5.41, 5.74) is 3.66. The Morgan fingerprint density at radius 1 is 0.725 bits per heavy atom. The van der Waals surface area contributed by atoms with Crippen LogP contribution in [0.3, 0.4) is 0 Å². The summed E-state index contributed by atoms with van der Waals surface area (Å²) in [6, 6.07) is 6.58. The van der Waals surface area contributed by atoms with Gasteiger partial charge < -0.3 is 18.9 Å². The van der Waals surface area contributed by atoms with Crippen molar-refractivity contribution in [3.63, 3.8) is 0 Å². The van der Waals surface area contributed by atoms with E-state index in [0.29, 0.717) is 26.4 Å². The summed E-state index contributed by atoms with van der Waals surface area (Å²) >= 11 is 0. The molecular formula is C30H40Br2F2N2O4. The lowest BCUT2D eigenvalue weighted by molar-refractivity contribution is -0.173. The molecule has 222 valence electrons. The SMILES string of the molecule is Br.Br.CC1CCc2c(OCC3CN(N4CCOC(COc5ccc(F)c6c5CCC6C)C4)CCO3)ccc(F)c21. The summed E-state index contributed by atoms with van der Waals surface area (Å²) in [6.07, 6.45) is 3.51. The topological polar surface area (TPSA) is 43.4 Å². The molecule has 4 aliphatic rings. The van der Waals surface area contributed by atoms with Crippen molar-refractivity contribution in [1.82, 2.24) is 10.0 Å². The van der Waals surface area contributed by atoms with Gasteiger partial charge in [0, 0.05) is 37.3 Å². The van der Waals surface area contributed by atoms with Crippen LogP contribution in [0.2, 0.25) is 0 Å². The molecule has 6 rings (SSSR count). The van der Waals surface area contributed by atoms with E-state index < -0.39 is 0 Å². The molecular weight excluding hydrogens is 650 g/mol. The standard InChI is InChI=1S/C30H38F2N2O4.2BrH/c1-19-3-5-23-27(9-7-25(31)29(19)23)37-17-21-15-33(11-13-35-21)34-12-14-36-22(16-34)18-38-28-10-8-26(32)30-20(2)4-6-24(28)30;;/h7-10,19-22H,3-6,11-18H2,1-2H3;2*1H. The number of rotatable bonds is 7. The number of fused-ring (bicyclic) bond motifs is 2. The second-order valence-corrected chi connectivity index (χ2v) is 11.2. The van der Waals surface area contributed by atoms with Gasteiger partial charge in [0.25, 0.3) is 0 Å². The molecule has 2 aliphatic heterocycles. The van der Waals surface area contributed by atoms with Gasteiger partial charge in [0.05, 0.1) is 13.2 Å². The number of ether oxygens (including phenoxy) is 4. The smallest absolute Gasteiger partial charge is 0.127 e. The maximum absolute atomic E-state index is 14.3. The first-order chi connectivity index (χ1) is 18.5. The molecule has 0 saturated carbocycles. The Kier molecular flexibility index (Phi) is 10.9. The lowest BCUT2D eigenvalue weighted by Crippen LogP contribution is -2.58. The van der Waals surface area contributed by atoms with Crippen molar-refractivity contribution in [3.05, 3.63) is 58.2 Å². The average molecular weight is 690 g/mol. The molecule has 6 nitrogen and oxygen atoms in total. The van der Waals surface area contributed by atoms with E-state index in [1.54, 1.807) is 12.1 Å². The van der Waals surface area contributed by atoms with Crippen LogP contribution in [0.25, 0.3) is 0 Å². The molecule has 0 radical (unpaired) electrons. The number of hydrogen-bond acceptors (Lipinski definition) is 6. The van der Waals surface area contributed by atoms with Gasteiger partial charge in [0.2, 0.25) is 0 Å². The largest absolute Gasteiger partial charge is 0.491 e. The molecule has 0 amide bonds. The lowest BCUT2D eigenvalue weighted by atomic mass is 10.0. The third-order valence-electron chi connectivity index (χ3n) is 8.65. The number of benzene rings is 2. The van der Waals surface area contributed by atoms with E-state index in [-0.39, 0.29) is 69.6 Å². The third-order valence-corrected chi connectivity index (χ3v) is 8.65. The second-order valence-electron chi connectivity index (χ2n) is 11.2. The van der Waals surface area contributed by atoms with Gasteiger partial charge in [-0.15, -0.1) is 34.0 Å². The molecule has 2 saturated heterocycles. The van der Waals surface area contributed by atoms with Crippen molar-refractivity contribution in [3.8, 4) is 11.5 Å². The summed E-state index contributed by atoms with van der Waals surface area (Å²) in [5.74, 6) is 1.80. The molecule has 2 aromatic carbocycles. The summed E-state index contributed by atoms with van der Waals surface area (Å²) in [7, 11) is 0. The number of hydrazine groups is 1. The highest BCUT2D eigenvalue weighted by atomic mass is 79.9. The van der Waals surface area contributed by atoms with Gasteiger partial charge in [-0.05, 0) is 72.9 Å². The molecule has 2 heterocycles. The first kappa shape index (κ1) is 31.6. The minimum absolute atomic E-state index is 0. The van der Waals surface area contributed by atoms with Crippen LogP contribution in [0.5, 0.6) is 11.5 Å². The number of morpholine rings is 2.